The van der Waals surface area contributed by atoms with E-state index in [1.54, 1.807) is 31.3 Å². The van der Waals surface area contributed by atoms with Crippen molar-refractivity contribution >= 4 is 25.0 Å². The number of hydrogen-bond acceptors (Lipinski definition) is 1. The van der Waals surface area contributed by atoms with Crippen molar-refractivity contribution in [3.8, 4) is 0 Å². The van der Waals surface area contributed by atoms with Gasteiger partial charge in [0.25, 0.3) is 0 Å². The Labute approximate surface area is 89.3 Å². The van der Waals surface area contributed by atoms with Crippen molar-refractivity contribution in [2.75, 3.05) is 12.4 Å². The van der Waals surface area contributed by atoms with E-state index in [0.29, 0.717) is 5.46 Å². The van der Waals surface area contributed by atoms with Crippen molar-refractivity contribution in [2.24, 2.45) is 0 Å². The number of amides is 2. The monoisotopic (exact) mass is 194 g/mol. The molecular weight excluding hydrogens is 175 g/mol. The second-order valence-electron chi connectivity index (χ2n) is 2.33. The number of urea groups is 1. The molecule has 0 aliphatic heterocycles. The Balaban J connectivity index is -0.000000399. The predicted molar refractivity (Wildman–Crippen MR) is 65.5 cm³/mol. The van der Waals surface area contributed by atoms with Gasteiger partial charge in [0.05, 0.1) is 0 Å². The highest BCUT2D eigenvalue weighted by atomic mass is 16.2. The van der Waals surface area contributed by atoms with Gasteiger partial charge in [0.15, 0.2) is 0 Å². The van der Waals surface area contributed by atoms with Gasteiger partial charge in [-0.05, 0) is 12.1 Å². The molecule has 0 fully saturated rings. The normalized spacial score (nSPS) is 8.21. The molecule has 0 aromatic heterocycles. The van der Waals surface area contributed by atoms with E-state index in [1.165, 1.54) is 0 Å². The smallest absolute Gasteiger partial charge is 0.318 e. The average molecular weight is 194 g/mol. The van der Waals surface area contributed by atoms with E-state index >= 15 is 0 Å². The predicted octanol–water partition coefficient (Wildman–Crippen LogP) is 1.75. The van der Waals surface area contributed by atoms with Crippen molar-refractivity contribution in [3.05, 3.63) is 24.3 Å². The van der Waals surface area contributed by atoms with Crippen LogP contribution in [0, 0.1) is 0 Å². The third-order valence-electron chi connectivity index (χ3n) is 1.40. The first-order valence-electron chi connectivity index (χ1n) is 4.56. The Morgan fingerprint density at radius 3 is 2.21 bits per heavy atom. The van der Waals surface area contributed by atoms with Crippen LogP contribution < -0.4 is 16.1 Å². The minimum absolute atomic E-state index is 0. The fourth-order valence-electron chi connectivity index (χ4n) is 0.760. The molecule has 3 nitrogen and oxygen atoms in total. The van der Waals surface area contributed by atoms with Crippen molar-refractivity contribution < 1.29 is 7.65 Å². The van der Waals surface area contributed by atoms with Gasteiger partial charge in [0.2, 0.25) is 0 Å². The van der Waals surface area contributed by atoms with Crippen molar-refractivity contribution in [1.29, 1.82) is 0 Å². The van der Waals surface area contributed by atoms with Gasteiger partial charge < -0.3 is 10.6 Å². The number of carbonyl (C=O) groups is 1. The molecule has 1 rings (SSSR count). The summed E-state index contributed by atoms with van der Waals surface area (Å²) in [6, 6.07) is 6.70. The van der Waals surface area contributed by atoms with E-state index in [0.717, 1.165) is 5.69 Å². The third-order valence-corrected chi connectivity index (χ3v) is 1.40. The maximum Gasteiger partial charge on any atom is 0.318 e. The zero-order valence-corrected chi connectivity index (χ0v) is 8.79. The first-order chi connectivity index (χ1) is 6.72. The summed E-state index contributed by atoms with van der Waals surface area (Å²) in [5.74, 6) is 0. The molecule has 2 radical (unpaired) electrons. The molecule has 0 saturated carbocycles. The Kier molecular flexibility index (Phi) is 6.28. The van der Waals surface area contributed by atoms with Gasteiger partial charge in [-0.1, -0.05) is 31.4 Å². The molecule has 2 N–H and O–H groups in total. The molecular formula is C10H19BN2O. The summed E-state index contributed by atoms with van der Waals surface area (Å²) >= 11 is 0. The molecule has 78 valence electrons. The molecule has 0 spiro atoms. The molecule has 2 amide bonds. The molecule has 4 heteroatoms. The highest BCUT2D eigenvalue weighted by Crippen LogP contribution is 2.02. The van der Waals surface area contributed by atoms with Crippen molar-refractivity contribution in [1.82, 2.24) is 5.32 Å². The molecule has 14 heavy (non-hydrogen) atoms. The molecule has 1 aromatic rings. The second kappa shape index (κ2) is 7.01. The fraction of sp³-hybridized carbons (Fsp3) is 0.300. The van der Waals surface area contributed by atoms with Crippen LogP contribution in [0.5, 0.6) is 0 Å². The van der Waals surface area contributed by atoms with Gasteiger partial charge in [0.1, 0.15) is 7.85 Å². The van der Waals surface area contributed by atoms with Crippen LogP contribution in [0.3, 0.4) is 0 Å². The number of nitrogens with one attached hydrogen (secondary N) is 2. The van der Waals surface area contributed by atoms with Crippen LogP contribution in [-0.2, 0) is 0 Å². The van der Waals surface area contributed by atoms with Gasteiger partial charge in [-0.2, -0.15) is 0 Å². The van der Waals surface area contributed by atoms with Crippen LogP contribution in [0.2, 0.25) is 0 Å². The summed E-state index contributed by atoms with van der Waals surface area (Å²) < 4.78 is 0. The standard InChI is InChI=1S/C8H9BN2O.C2H6.2H2/c1-10-8(12)11-7-4-2-6(9)3-5-7;1-2;;/h2-5H,1H3,(H2,10,11,12);1-2H3;2*1H. The van der Waals surface area contributed by atoms with Gasteiger partial charge in [-0.15, -0.1) is 0 Å². The number of rotatable bonds is 1. The molecule has 0 heterocycles. The summed E-state index contributed by atoms with van der Waals surface area (Å²) in [6.07, 6.45) is 0. The van der Waals surface area contributed by atoms with E-state index < -0.39 is 0 Å². The van der Waals surface area contributed by atoms with E-state index in [9.17, 15) is 4.79 Å². The van der Waals surface area contributed by atoms with Crippen LogP contribution in [0.1, 0.15) is 16.7 Å². The molecule has 0 bridgehead atoms. The highest BCUT2D eigenvalue weighted by molar-refractivity contribution is 6.32. The summed E-state index contributed by atoms with van der Waals surface area (Å²) in [6.45, 7) is 4.00. The number of benzene rings is 1. The fourth-order valence-corrected chi connectivity index (χ4v) is 0.760. The number of carbonyl (C=O) groups excluding carboxylic acids is 1. The zero-order valence-electron chi connectivity index (χ0n) is 8.79. The number of hydrogen-bond donors (Lipinski definition) is 2. The quantitative estimate of drug-likeness (QED) is 0.657. The van der Waals surface area contributed by atoms with Crippen molar-refractivity contribution in [2.45, 2.75) is 13.8 Å². The molecule has 1 aromatic carbocycles. The molecule has 0 atom stereocenters. The second-order valence-corrected chi connectivity index (χ2v) is 2.33. The number of anilines is 1. The van der Waals surface area contributed by atoms with Gasteiger partial charge in [-0.3, -0.25) is 0 Å². The largest absolute Gasteiger partial charge is 0.341 e. The van der Waals surface area contributed by atoms with Crippen LogP contribution in [0.4, 0.5) is 10.5 Å². The lowest BCUT2D eigenvalue weighted by molar-refractivity contribution is 0.254. The Bertz CT molecular complexity index is 281. The minimum atomic E-state index is -0.236. The minimum Gasteiger partial charge on any atom is -0.341 e. The van der Waals surface area contributed by atoms with E-state index in [2.05, 4.69) is 10.6 Å². The van der Waals surface area contributed by atoms with E-state index in [1.807, 2.05) is 13.8 Å². The van der Waals surface area contributed by atoms with Gasteiger partial charge in [-0.25, -0.2) is 4.79 Å². The van der Waals surface area contributed by atoms with Gasteiger partial charge in [0, 0.05) is 15.6 Å². The highest BCUT2D eigenvalue weighted by Gasteiger charge is 1.95. The SMILES string of the molecule is CC.[B]c1ccc(NC(=O)NC)cc1.[HH].[HH]. The Morgan fingerprint density at radius 1 is 1.29 bits per heavy atom. The van der Waals surface area contributed by atoms with E-state index in [4.69, 9.17) is 7.85 Å². The lowest BCUT2D eigenvalue weighted by Gasteiger charge is -2.03. The lowest BCUT2D eigenvalue weighted by Crippen LogP contribution is -2.24. The molecule has 0 aliphatic carbocycles. The lowest BCUT2D eigenvalue weighted by atomic mass is 9.96. The van der Waals surface area contributed by atoms with E-state index in [-0.39, 0.29) is 8.88 Å². The van der Waals surface area contributed by atoms with Crippen LogP contribution >= 0.6 is 0 Å². The molecule has 0 aliphatic rings. The average Bonchev–Trinajstić information content (AvgIpc) is 2.24. The first-order valence-corrected chi connectivity index (χ1v) is 4.56. The maximum atomic E-state index is 10.8. The maximum absolute atomic E-state index is 10.8. The summed E-state index contributed by atoms with van der Waals surface area (Å²) in [7, 11) is 7.02. The molecule has 0 unspecified atom stereocenters. The molecule has 0 saturated heterocycles. The summed E-state index contributed by atoms with van der Waals surface area (Å²) in [5, 5.41) is 5.06. The zero-order chi connectivity index (χ0) is 11.0. The third kappa shape index (κ3) is 4.55. The summed E-state index contributed by atoms with van der Waals surface area (Å²) in [5.41, 5.74) is 1.40. The summed E-state index contributed by atoms with van der Waals surface area (Å²) in [4.78, 5) is 10.8. The van der Waals surface area contributed by atoms with Crippen LogP contribution in [-0.4, -0.2) is 20.9 Å². The Hall–Kier alpha value is -1.45. The Morgan fingerprint density at radius 2 is 1.79 bits per heavy atom. The van der Waals surface area contributed by atoms with Crippen LogP contribution in [0.15, 0.2) is 24.3 Å². The first kappa shape index (κ1) is 12.6. The van der Waals surface area contributed by atoms with Gasteiger partial charge >= 0.3 is 6.03 Å². The topological polar surface area (TPSA) is 41.1 Å². The van der Waals surface area contributed by atoms with Crippen molar-refractivity contribution in [3.63, 3.8) is 0 Å². The van der Waals surface area contributed by atoms with Crippen LogP contribution in [0.25, 0.3) is 0 Å².